The molecular formula is C20H16FN5OS. The Morgan fingerprint density at radius 2 is 1.86 bits per heavy atom. The van der Waals surface area contributed by atoms with Crippen molar-refractivity contribution in [1.29, 1.82) is 0 Å². The number of carbonyl (C=O) groups is 1. The number of aromatic nitrogens is 4. The zero-order valence-electron chi connectivity index (χ0n) is 15.0. The average Bonchev–Trinajstić information content (AvgIpc) is 3.12. The monoisotopic (exact) mass is 393 g/mol. The molecule has 0 aliphatic carbocycles. The van der Waals surface area contributed by atoms with Crippen molar-refractivity contribution < 1.29 is 9.18 Å². The van der Waals surface area contributed by atoms with Crippen LogP contribution in [0, 0.1) is 12.7 Å². The first-order chi connectivity index (χ1) is 13.6. The first-order valence-corrected chi connectivity index (χ1v) is 9.55. The highest BCUT2D eigenvalue weighted by molar-refractivity contribution is 7.99. The molecule has 140 valence electrons. The minimum absolute atomic E-state index is 0.133. The van der Waals surface area contributed by atoms with Gasteiger partial charge in [0.05, 0.1) is 11.4 Å². The predicted molar refractivity (Wildman–Crippen MR) is 107 cm³/mol. The number of aryl methyl sites for hydroxylation is 1. The lowest BCUT2D eigenvalue weighted by Crippen LogP contribution is -2.14. The standard InChI is InChI=1S/C20H16FN5OS/c1-13-11-17(14-5-3-2-4-6-14)25-26-19(13)23-24-20(26)28-12-18(27)22-16-9-7-15(21)8-10-16/h2-11H,12H2,1H3,(H,22,27). The van der Waals surface area contributed by atoms with Gasteiger partial charge in [-0.2, -0.15) is 9.61 Å². The number of amides is 1. The van der Waals surface area contributed by atoms with Gasteiger partial charge in [-0.1, -0.05) is 42.1 Å². The number of hydrogen-bond donors (Lipinski definition) is 1. The van der Waals surface area contributed by atoms with E-state index in [1.54, 1.807) is 4.52 Å². The van der Waals surface area contributed by atoms with E-state index in [9.17, 15) is 9.18 Å². The molecule has 2 aromatic carbocycles. The van der Waals surface area contributed by atoms with Crippen LogP contribution in [0.3, 0.4) is 0 Å². The van der Waals surface area contributed by atoms with Crippen molar-refractivity contribution >= 4 is 29.0 Å². The van der Waals surface area contributed by atoms with E-state index in [1.165, 1.54) is 36.0 Å². The van der Waals surface area contributed by atoms with E-state index in [2.05, 4.69) is 20.6 Å². The molecule has 0 bridgehead atoms. The third-order valence-corrected chi connectivity index (χ3v) is 4.97. The Balaban J connectivity index is 1.53. The summed E-state index contributed by atoms with van der Waals surface area (Å²) in [5.41, 5.74) is 3.94. The molecule has 0 aliphatic heterocycles. The van der Waals surface area contributed by atoms with Gasteiger partial charge in [0, 0.05) is 11.3 Å². The van der Waals surface area contributed by atoms with Crippen LogP contribution >= 0.6 is 11.8 Å². The number of nitrogens with one attached hydrogen (secondary N) is 1. The number of thioether (sulfide) groups is 1. The fourth-order valence-electron chi connectivity index (χ4n) is 2.71. The molecule has 6 nitrogen and oxygen atoms in total. The minimum atomic E-state index is -0.349. The molecule has 4 rings (SSSR count). The number of benzene rings is 2. The van der Waals surface area contributed by atoms with Gasteiger partial charge in [0.1, 0.15) is 5.82 Å². The predicted octanol–water partition coefficient (Wildman–Crippen LogP) is 3.97. The molecule has 2 heterocycles. The molecule has 0 atom stereocenters. The molecule has 8 heteroatoms. The van der Waals surface area contributed by atoms with Crippen molar-refractivity contribution in [2.45, 2.75) is 12.1 Å². The van der Waals surface area contributed by atoms with Crippen LogP contribution in [0.5, 0.6) is 0 Å². The second kappa shape index (κ2) is 7.77. The second-order valence-corrected chi connectivity index (χ2v) is 7.08. The smallest absolute Gasteiger partial charge is 0.234 e. The highest BCUT2D eigenvalue weighted by atomic mass is 32.2. The van der Waals surface area contributed by atoms with E-state index in [4.69, 9.17) is 0 Å². The van der Waals surface area contributed by atoms with Crippen molar-refractivity contribution in [2.24, 2.45) is 0 Å². The molecule has 1 amide bonds. The van der Waals surface area contributed by atoms with Gasteiger partial charge in [0.2, 0.25) is 11.1 Å². The van der Waals surface area contributed by atoms with Crippen LogP contribution in [-0.2, 0) is 4.79 Å². The zero-order valence-corrected chi connectivity index (χ0v) is 15.8. The van der Waals surface area contributed by atoms with Crippen LogP contribution in [0.4, 0.5) is 10.1 Å². The maximum Gasteiger partial charge on any atom is 0.234 e. The van der Waals surface area contributed by atoms with E-state index >= 15 is 0 Å². The molecular weight excluding hydrogens is 377 g/mol. The number of anilines is 1. The normalized spacial score (nSPS) is 10.9. The van der Waals surface area contributed by atoms with E-state index in [0.29, 0.717) is 16.5 Å². The number of halogens is 1. The van der Waals surface area contributed by atoms with E-state index in [1.807, 2.05) is 43.3 Å². The summed E-state index contributed by atoms with van der Waals surface area (Å²) in [4.78, 5) is 12.2. The highest BCUT2D eigenvalue weighted by Gasteiger charge is 2.14. The molecule has 0 aliphatic rings. The van der Waals surface area contributed by atoms with Crippen LogP contribution in [0.1, 0.15) is 5.56 Å². The summed E-state index contributed by atoms with van der Waals surface area (Å²) in [6.07, 6.45) is 0. The molecule has 0 saturated carbocycles. The Morgan fingerprint density at radius 3 is 2.61 bits per heavy atom. The summed E-state index contributed by atoms with van der Waals surface area (Å²) >= 11 is 1.24. The summed E-state index contributed by atoms with van der Waals surface area (Å²) in [7, 11) is 0. The molecule has 4 aromatic rings. The lowest BCUT2D eigenvalue weighted by atomic mass is 10.1. The van der Waals surface area contributed by atoms with E-state index in [-0.39, 0.29) is 17.5 Å². The minimum Gasteiger partial charge on any atom is -0.325 e. The Kier molecular flexibility index (Phi) is 5.03. The summed E-state index contributed by atoms with van der Waals surface area (Å²) in [6.45, 7) is 1.95. The van der Waals surface area contributed by atoms with Gasteiger partial charge in [0.25, 0.3) is 0 Å². The van der Waals surface area contributed by atoms with Gasteiger partial charge >= 0.3 is 0 Å². The molecule has 0 saturated heterocycles. The van der Waals surface area contributed by atoms with Crippen LogP contribution < -0.4 is 5.32 Å². The number of carbonyl (C=O) groups excluding carboxylic acids is 1. The fourth-order valence-corrected chi connectivity index (χ4v) is 3.39. The molecule has 0 spiro atoms. The van der Waals surface area contributed by atoms with Gasteiger partial charge in [-0.15, -0.1) is 10.2 Å². The molecule has 0 fully saturated rings. The molecule has 0 unspecified atom stereocenters. The number of nitrogens with zero attached hydrogens (tertiary/aromatic N) is 4. The molecule has 28 heavy (non-hydrogen) atoms. The molecule has 1 N–H and O–H groups in total. The van der Waals surface area contributed by atoms with Crippen LogP contribution in [-0.4, -0.2) is 31.5 Å². The fraction of sp³-hybridized carbons (Fsp3) is 0.100. The SMILES string of the molecule is Cc1cc(-c2ccccc2)nn2c(SCC(=O)Nc3ccc(F)cc3)nnc12. The van der Waals surface area contributed by atoms with Crippen LogP contribution in [0.25, 0.3) is 16.9 Å². The van der Waals surface area contributed by atoms with Crippen molar-refractivity contribution in [3.8, 4) is 11.3 Å². The Hall–Kier alpha value is -3.26. The van der Waals surface area contributed by atoms with Gasteiger partial charge in [-0.3, -0.25) is 4.79 Å². The first kappa shape index (κ1) is 18.1. The summed E-state index contributed by atoms with van der Waals surface area (Å²) in [5, 5.41) is 16.2. The van der Waals surface area contributed by atoms with Crippen molar-refractivity contribution in [2.75, 3.05) is 11.1 Å². The van der Waals surface area contributed by atoms with Crippen molar-refractivity contribution in [3.05, 3.63) is 72.0 Å². The maximum atomic E-state index is 13.0. The number of fused-ring (bicyclic) bond motifs is 1. The van der Waals surface area contributed by atoms with E-state index < -0.39 is 0 Å². The lowest BCUT2D eigenvalue weighted by molar-refractivity contribution is -0.113. The summed E-state index contributed by atoms with van der Waals surface area (Å²) in [6, 6.07) is 17.4. The lowest BCUT2D eigenvalue weighted by Gasteiger charge is -2.06. The Labute approximate surface area is 164 Å². The van der Waals surface area contributed by atoms with E-state index in [0.717, 1.165) is 16.8 Å². The molecule has 0 radical (unpaired) electrons. The van der Waals surface area contributed by atoms with Crippen LogP contribution in [0.15, 0.2) is 65.8 Å². The van der Waals surface area contributed by atoms with Gasteiger partial charge in [-0.25, -0.2) is 4.39 Å². The second-order valence-electron chi connectivity index (χ2n) is 6.14. The third-order valence-electron chi connectivity index (χ3n) is 4.06. The van der Waals surface area contributed by atoms with Crippen LogP contribution in [0.2, 0.25) is 0 Å². The maximum absolute atomic E-state index is 13.0. The van der Waals surface area contributed by atoms with Crippen molar-refractivity contribution in [3.63, 3.8) is 0 Å². The van der Waals surface area contributed by atoms with Crippen molar-refractivity contribution in [1.82, 2.24) is 19.8 Å². The third kappa shape index (κ3) is 3.86. The quantitative estimate of drug-likeness (QED) is 0.520. The highest BCUT2D eigenvalue weighted by Crippen LogP contribution is 2.23. The van der Waals surface area contributed by atoms with Gasteiger partial charge in [0.15, 0.2) is 5.65 Å². The van der Waals surface area contributed by atoms with Gasteiger partial charge < -0.3 is 5.32 Å². The summed E-state index contributed by atoms with van der Waals surface area (Å²) in [5.74, 6) is -0.434. The number of hydrogen-bond acceptors (Lipinski definition) is 5. The molecule has 2 aromatic heterocycles. The first-order valence-electron chi connectivity index (χ1n) is 8.57. The zero-order chi connectivity index (χ0) is 19.5. The Morgan fingerprint density at radius 1 is 1.11 bits per heavy atom. The largest absolute Gasteiger partial charge is 0.325 e. The van der Waals surface area contributed by atoms with Gasteiger partial charge in [-0.05, 0) is 42.8 Å². The summed E-state index contributed by atoms with van der Waals surface area (Å²) < 4.78 is 14.6. The Bertz CT molecular complexity index is 1130. The average molecular weight is 393 g/mol. The number of rotatable bonds is 5. The topological polar surface area (TPSA) is 72.2 Å².